The zero-order chi connectivity index (χ0) is 14.8. The van der Waals surface area contributed by atoms with Crippen LogP contribution in [0.3, 0.4) is 0 Å². The molecule has 0 spiro atoms. The van der Waals surface area contributed by atoms with E-state index in [0.29, 0.717) is 6.54 Å². The molecule has 0 bridgehead atoms. The zero-order valence-electron chi connectivity index (χ0n) is 10.8. The number of hydrogen-bond acceptors (Lipinski definition) is 4. The summed E-state index contributed by atoms with van der Waals surface area (Å²) >= 11 is 0. The standard InChI is InChI=1S/C14H11FN4O2/c15-11-2-1-10(14(20)21)13(19-11)18-7-8-3-5-16-12-9(8)4-6-17-12/h1-6H,7H2,(H,16,17)(H,18,19)(H,20,21). The molecule has 0 aliphatic carbocycles. The molecule has 7 heteroatoms. The van der Waals surface area contributed by atoms with Crippen LogP contribution < -0.4 is 5.32 Å². The molecular weight excluding hydrogens is 275 g/mol. The number of rotatable bonds is 4. The number of aromatic amines is 1. The van der Waals surface area contributed by atoms with Crippen LogP contribution in [0.2, 0.25) is 0 Å². The van der Waals surface area contributed by atoms with E-state index in [0.717, 1.165) is 22.7 Å². The van der Waals surface area contributed by atoms with Crippen LogP contribution in [0, 0.1) is 5.95 Å². The van der Waals surface area contributed by atoms with E-state index in [1.54, 1.807) is 12.4 Å². The second-order valence-electron chi connectivity index (χ2n) is 4.40. The van der Waals surface area contributed by atoms with Crippen molar-refractivity contribution in [1.82, 2.24) is 15.0 Å². The molecule has 3 aromatic heterocycles. The van der Waals surface area contributed by atoms with E-state index in [1.807, 2.05) is 12.1 Å². The summed E-state index contributed by atoms with van der Waals surface area (Å²) in [6.45, 7) is 0.313. The molecule has 3 N–H and O–H groups in total. The predicted octanol–water partition coefficient (Wildman–Crippen LogP) is 2.41. The lowest BCUT2D eigenvalue weighted by atomic mass is 10.2. The summed E-state index contributed by atoms with van der Waals surface area (Å²) in [7, 11) is 0. The lowest BCUT2D eigenvalue weighted by Gasteiger charge is -2.09. The van der Waals surface area contributed by atoms with Crippen molar-refractivity contribution in [2.24, 2.45) is 0 Å². The van der Waals surface area contributed by atoms with Gasteiger partial charge in [-0.2, -0.15) is 4.39 Å². The second-order valence-corrected chi connectivity index (χ2v) is 4.40. The van der Waals surface area contributed by atoms with Gasteiger partial charge in [0.1, 0.15) is 17.0 Å². The monoisotopic (exact) mass is 286 g/mol. The fourth-order valence-corrected chi connectivity index (χ4v) is 2.09. The first kappa shape index (κ1) is 13.0. The smallest absolute Gasteiger partial charge is 0.339 e. The molecule has 3 rings (SSSR count). The number of nitrogens with one attached hydrogen (secondary N) is 2. The van der Waals surface area contributed by atoms with Gasteiger partial charge in [0.2, 0.25) is 5.95 Å². The van der Waals surface area contributed by atoms with Crippen molar-refractivity contribution in [1.29, 1.82) is 0 Å². The fraction of sp³-hybridized carbons (Fsp3) is 0.0714. The molecule has 3 heterocycles. The van der Waals surface area contributed by atoms with Crippen LogP contribution in [0.5, 0.6) is 0 Å². The Labute approximate surface area is 118 Å². The Morgan fingerprint density at radius 1 is 1.33 bits per heavy atom. The molecule has 3 aromatic rings. The molecular formula is C14H11FN4O2. The van der Waals surface area contributed by atoms with Crippen molar-refractivity contribution in [3.63, 3.8) is 0 Å². The maximum atomic E-state index is 13.2. The molecule has 0 fully saturated rings. The minimum atomic E-state index is -1.16. The van der Waals surface area contributed by atoms with Gasteiger partial charge in [-0.05, 0) is 29.8 Å². The average Bonchev–Trinajstić information content (AvgIpc) is 2.93. The number of hydrogen-bond donors (Lipinski definition) is 3. The summed E-state index contributed by atoms with van der Waals surface area (Å²) in [4.78, 5) is 21.8. The highest BCUT2D eigenvalue weighted by Crippen LogP contribution is 2.18. The molecule has 106 valence electrons. The molecule has 0 atom stereocenters. The summed E-state index contributed by atoms with van der Waals surface area (Å²) in [5.74, 6) is -1.89. The van der Waals surface area contributed by atoms with E-state index in [9.17, 15) is 9.18 Å². The van der Waals surface area contributed by atoms with Crippen LogP contribution in [-0.4, -0.2) is 26.0 Å². The van der Waals surface area contributed by atoms with Crippen molar-refractivity contribution in [3.05, 3.63) is 53.7 Å². The quantitative estimate of drug-likeness (QED) is 0.641. The number of anilines is 1. The van der Waals surface area contributed by atoms with Crippen LogP contribution in [0.1, 0.15) is 15.9 Å². The highest BCUT2D eigenvalue weighted by atomic mass is 19.1. The maximum absolute atomic E-state index is 13.2. The Bertz CT molecular complexity index is 816. The molecule has 0 saturated heterocycles. The van der Waals surface area contributed by atoms with Crippen LogP contribution >= 0.6 is 0 Å². The summed E-state index contributed by atoms with van der Waals surface area (Å²) in [6, 6.07) is 5.89. The average molecular weight is 286 g/mol. The Kier molecular flexibility index (Phi) is 3.23. The second kappa shape index (κ2) is 5.20. The molecule has 0 aliphatic heterocycles. The first-order valence-corrected chi connectivity index (χ1v) is 6.20. The van der Waals surface area contributed by atoms with Gasteiger partial charge in [-0.25, -0.2) is 14.8 Å². The topological polar surface area (TPSA) is 90.9 Å². The van der Waals surface area contributed by atoms with Gasteiger partial charge in [0.15, 0.2) is 0 Å². The third-order valence-electron chi connectivity index (χ3n) is 3.09. The van der Waals surface area contributed by atoms with Crippen LogP contribution in [-0.2, 0) is 6.54 Å². The maximum Gasteiger partial charge on any atom is 0.339 e. The SMILES string of the molecule is O=C(O)c1ccc(F)nc1NCc1ccnc2[nH]ccc12. The number of pyridine rings is 2. The lowest BCUT2D eigenvalue weighted by molar-refractivity contribution is 0.0697. The highest BCUT2D eigenvalue weighted by molar-refractivity contribution is 5.93. The number of aromatic carboxylic acids is 1. The number of halogens is 1. The van der Waals surface area contributed by atoms with Crippen LogP contribution in [0.25, 0.3) is 11.0 Å². The molecule has 6 nitrogen and oxygen atoms in total. The Hall–Kier alpha value is -2.96. The number of H-pyrrole nitrogens is 1. The van der Waals surface area contributed by atoms with Crippen molar-refractivity contribution < 1.29 is 14.3 Å². The number of fused-ring (bicyclic) bond motifs is 1. The Balaban J connectivity index is 1.90. The lowest BCUT2D eigenvalue weighted by Crippen LogP contribution is -2.09. The van der Waals surface area contributed by atoms with Crippen molar-refractivity contribution in [2.75, 3.05) is 5.32 Å². The number of nitrogens with zero attached hydrogens (tertiary/aromatic N) is 2. The predicted molar refractivity (Wildman–Crippen MR) is 74.6 cm³/mol. The molecule has 0 aliphatic rings. The van der Waals surface area contributed by atoms with E-state index < -0.39 is 11.9 Å². The fourth-order valence-electron chi connectivity index (χ4n) is 2.09. The zero-order valence-corrected chi connectivity index (χ0v) is 10.8. The van der Waals surface area contributed by atoms with E-state index in [4.69, 9.17) is 5.11 Å². The number of aromatic nitrogens is 3. The molecule has 0 amide bonds. The Morgan fingerprint density at radius 2 is 2.19 bits per heavy atom. The number of carbonyl (C=O) groups is 1. The van der Waals surface area contributed by atoms with Crippen molar-refractivity contribution in [3.8, 4) is 0 Å². The third kappa shape index (κ3) is 2.53. The number of carboxylic acids is 1. The third-order valence-corrected chi connectivity index (χ3v) is 3.09. The summed E-state index contributed by atoms with van der Waals surface area (Å²) in [6.07, 6.45) is 3.41. The van der Waals surface area contributed by atoms with Crippen molar-refractivity contribution >= 4 is 22.8 Å². The van der Waals surface area contributed by atoms with Crippen LogP contribution in [0.15, 0.2) is 36.7 Å². The van der Waals surface area contributed by atoms with Gasteiger partial charge in [0, 0.05) is 24.3 Å². The van der Waals surface area contributed by atoms with E-state index in [-0.39, 0.29) is 11.4 Å². The van der Waals surface area contributed by atoms with E-state index in [1.165, 1.54) is 6.07 Å². The largest absolute Gasteiger partial charge is 0.478 e. The first-order valence-electron chi connectivity index (χ1n) is 6.20. The normalized spacial score (nSPS) is 10.7. The van der Waals surface area contributed by atoms with E-state index in [2.05, 4.69) is 20.3 Å². The van der Waals surface area contributed by atoms with Gasteiger partial charge in [-0.15, -0.1) is 0 Å². The van der Waals surface area contributed by atoms with Gasteiger partial charge in [-0.1, -0.05) is 0 Å². The molecule has 0 unspecified atom stereocenters. The Morgan fingerprint density at radius 3 is 3.00 bits per heavy atom. The summed E-state index contributed by atoms with van der Waals surface area (Å²) in [5.41, 5.74) is 1.57. The highest BCUT2D eigenvalue weighted by Gasteiger charge is 2.13. The van der Waals surface area contributed by atoms with Crippen molar-refractivity contribution in [2.45, 2.75) is 6.54 Å². The summed E-state index contributed by atoms with van der Waals surface area (Å²) in [5, 5.41) is 12.9. The van der Waals surface area contributed by atoms with Gasteiger partial charge < -0.3 is 15.4 Å². The van der Waals surface area contributed by atoms with Gasteiger partial charge in [0.05, 0.1) is 0 Å². The van der Waals surface area contributed by atoms with E-state index >= 15 is 0 Å². The van der Waals surface area contributed by atoms with Gasteiger partial charge in [0.25, 0.3) is 0 Å². The molecule has 0 aromatic carbocycles. The first-order chi connectivity index (χ1) is 10.1. The molecule has 0 radical (unpaired) electrons. The van der Waals surface area contributed by atoms with Gasteiger partial charge in [-0.3, -0.25) is 0 Å². The molecule has 21 heavy (non-hydrogen) atoms. The van der Waals surface area contributed by atoms with Crippen LogP contribution in [0.4, 0.5) is 10.2 Å². The molecule has 0 saturated carbocycles. The van der Waals surface area contributed by atoms with Gasteiger partial charge >= 0.3 is 5.97 Å². The number of carboxylic acid groups (broad SMARTS) is 1. The minimum Gasteiger partial charge on any atom is -0.478 e. The minimum absolute atomic E-state index is 0.00278. The summed E-state index contributed by atoms with van der Waals surface area (Å²) < 4.78 is 13.2.